The molecule has 1 heterocycles. The van der Waals surface area contributed by atoms with Gasteiger partial charge in [0.2, 0.25) is 0 Å². The van der Waals surface area contributed by atoms with Gasteiger partial charge in [0.05, 0.1) is 16.5 Å². The topological polar surface area (TPSA) is 41.9 Å². The lowest BCUT2D eigenvalue weighted by atomic mass is 10.2. The van der Waals surface area contributed by atoms with Crippen molar-refractivity contribution < 1.29 is 9.53 Å². The predicted molar refractivity (Wildman–Crippen MR) is 93.6 cm³/mol. The molecule has 118 valence electrons. The Labute approximate surface area is 140 Å². The average molecular weight is 339 g/mol. The smallest absolute Gasteiger partial charge is 0.266 e. The normalized spacial score (nSPS) is 18.5. The number of rotatable bonds is 5. The van der Waals surface area contributed by atoms with Crippen LogP contribution < -0.4 is 4.74 Å². The molecule has 0 radical (unpaired) electrons. The van der Waals surface area contributed by atoms with Gasteiger partial charge in [0, 0.05) is 13.1 Å². The van der Waals surface area contributed by atoms with Crippen LogP contribution in [0.2, 0.25) is 5.02 Å². The average Bonchev–Trinajstić information content (AvgIpc) is 2.78. The largest absolute Gasteiger partial charge is 0.492 e. The lowest BCUT2D eigenvalue weighted by Crippen LogP contribution is -2.28. The molecule has 2 rings (SSSR count). The second-order valence-corrected chi connectivity index (χ2v) is 5.96. The highest BCUT2D eigenvalue weighted by molar-refractivity contribution is 8.18. The van der Waals surface area contributed by atoms with Gasteiger partial charge < -0.3 is 4.74 Å². The number of hydrogen-bond acceptors (Lipinski definition) is 4. The number of benzene rings is 1. The van der Waals surface area contributed by atoms with E-state index < -0.39 is 0 Å². The molecule has 0 N–H and O–H groups in total. The van der Waals surface area contributed by atoms with Gasteiger partial charge in [0.25, 0.3) is 5.91 Å². The molecule has 22 heavy (non-hydrogen) atoms. The summed E-state index contributed by atoms with van der Waals surface area (Å²) in [6.07, 6.45) is 1.84. The van der Waals surface area contributed by atoms with Crippen molar-refractivity contribution in [2.24, 2.45) is 4.99 Å². The molecule has 1 aromatic rings. The Morgan fingerprint density at radius 2 is 2.14 bits per heavy atom. The van der Waals surface area contributed by atoms with Crippen LogP contribution >= 0.6 is 23.4 Å². The predicted octanol–water partition coefficient (Wildman–Crippen LogP) is 4.05. The van der Waals surface area contributed by atoms with Crippen LogP contribution in [0.3, 0.4) is 0 Å². The van der Waals surface area contributed by atoms with E-state index >= 15 is 0 Å². The van der Waals surface area contributed by atoms with Crippen molar-refractivity contribution in [2.75, 3.05) is 19.7 Å². The molecule has 1 amide bonds. The van der Waals surface area contributed by atoms with Crippen molar-refractivity contribution in [3.8, 4) is 5.75 Å². The van der Waals surface area contributed by atoms with Crippen LogP contribution in [0.5, 0.6) is 5.75 Å². The Kier molecular flexibility index (Phi) is 5.91. The third-order valence-corrected chi connectivity index (χ3v) is 4.39. The van der Waals surface area contributed by atoms with Crippen LogP contribution in [0.1, 0.15) is 26.3 Å². The zero-order valence-electron chi connectivity index (χ0n) is 12.9. The van der Waals surface area contributed by atoms with Crippen molar-refractivity contribution in [1.29, 1.82) is 0 Å². The highest BCUT2D eigenvalue weighted by Crippen LogP contribution is 2.33. The summed E-state index contributed by atoms with van der Waals surface area (Å²) in [5.41, 5.74) is 0.873. The van der Waals surface area contributed by atoms with Crippen molar-refractivity contribution in [2.45, 2.75) is 20.8 Å². The van der Waals surface area contributed by atoms with E-state index in [2.05, 4.69) is 4.99 Å². The number of carbonyl (C=O) groups is 1. The lowest BCUT2D eigenvalue weighted by molar-refractivity contribution is -0.122. The molecule has 1 saturated heterocycles. The highest BCUT2D eigenvalue weighted by Gasteiger charge is 2.31. The SMILES string of the molecule is CCN=C1S/C(=C\c2ccc(OCC)c(Cl)c2)C(=O)N1CC. The second-order valence-electron chi connectivity index (χ2n) is 4.54. The Bertz CT molecular complexity index is 629. The maximum Gasteiger partial charge on any atom is 0.266 e. The van der Waals surface area contributed by atoms with E-state index in [0.29, 0.717) is 35.4 Å². The molecule has 0 unspecified atom stereocenters. The standard InChI is InChI=1S/C16H19ClN2O2S/c1-4-18-16-19(5-2)15(20)14(22-16)10-11-7-8-13(21-6-3)12(17)9-11/h7-10H,4-6H2,1-3H3/b14-10-,18-16?. The minimum absolute atomic E-state index is 0.00953. The van der Waals surface area contributed by atoms with E-state index in [0.717, 1.165) is 10.7 Å². The van der Waals surface area contributed by atoms with E-state index in [4.69, 9.17) is 16.3 Å². The number of ether oxygens (including phenoxy) is 1. The van der Waals surface area contributed by atoms with Gasteiger partial charge in [-0.2, -0.15) is 0 Å². The number of thioether (sulfide) groups is 1. The van der Waals surface area contributed by atoms with Gasteiger partial charge in [0.1, 0.15) is 5.75 Å². The minimum atomic E-state index is -0.00953. The molecule has 6 heteroatoms. The minimum Gasteiger partial charge on any atom is -0.492 e. The number of aliphatic imine (C=N–C) groups is 1. The first-order valence-corrected chi connectivity index (χ1v) is 8.48. The maximum absolute atomic E-state index is 12.4. The summed E-state index contributed by atoms with van der Waals surface area (Å²) in [5.74, 6) is 0.643. The van der Waals surface area contributed by atoms with Crippen molar-refractivity contribution in [3.63, 3.8) is 0 Å². The third-order valence-electron chi connectivity index (χ3n) is 3.05. The Balaban J connectivity index is 2.28. The fourth-order valence-corrected chi connectivity index (χ4v) is 3.42. The summed E-state index contributed by atoms with van der Waals surface area (Å²) in [7, 11) is 0. The molecule has 1 aromatic carbocycles. The number of halogens is 1. The molecule has 0 spiro atoms. The Hall–Kier alpha value is -1.46. The summed E-state index contributed by atoms with van der Waals surface area (Å²) in [6, 6.07) is 5.52. The van der Waals surface area contributed by atoms with E-state index in [1.165, 1.54) is 11.8 Å². The van der Waals surface area contributed by atoms with Crippen LogP contribution in [-0.4, -0.2) is 35.7 Å². The van der Waals surface area contributed by atoms with Gasteiger partial charge in [-0.25, -0.2) is 0 Å². The molecular formula is C16H19ClN2O2S. The zero-order chi connectivity index (χ0) is 16.1. The molecule has 4 nitrogen and oxygen atoms in total. The fraction of sp³-hybridized carbons (Fsp3) is 0.375. The summed E-state index contributed by atoms with van der Waals surface area (Å²) >= 11 is 7.59. The molecule has 0 aromatic heterocycles. The number of amidine groups is 1. The Morgan fingerprint density at radius 3 is 2.73 bits per heavy atom. The number of hydrogen-bond donors (Lipinski definition) is 0. The van der Waals surface area contributed by atoms with Crippen molar-refractivity contribution >= 4 is 40.5 Å². The summed E-state index contributed by atoms with van der Waals surface area (Å²) in [5, 5.41) is 1.31. The van der Waals surface area contributed by atoms with Crippen LogP contribution in [0, 0.1) is 0 Å². The first-order valence-electron chi connectivity index (χ1n) is 7.28. The quantitative estimate of drug-likeness (QED) is 0.760. The monoisotopic (exact) mass is 338 g/mol. The third kappa shape index (κ3) is 3.65. The maximum atomic E-state index is 12.4. The summed E-state index contributed by atoms with van der Waals surface area (Å²) in [6.45, 7) is 7.66. The molecule has 1 aliphatic rings. The lowest BCUT2D eigenvalue weighted by Gasteiger charge is -2.11. The molecule has 0 bridgehead atoms. The van der Waals surface area contributed by atoms with Crippen molar-refractivity contribution in [3.05, 3.63) is 33.7 Å². The highest BCUT2D eigenvalue weighted by atomic mass is 35.5. The number of carbonyl (C=O) groups excluding carboxylic acids is 1. The first-order chi connectivity index (χ1) is 10.6. The second kappa shape index (κ2) is 7.70. The van der Waals surface area contributed by atoms with E-state index in [-0.39, 0.29) is 5.91 Å². The van der Waals surface area contributed by atoms with Gasteiger partial charge in [-0.05, 0) is 56.3 Å². The van der Waals surface area contributed by atoms with Crippen molar-refractivity contribution in [1.82, 2.24) is 4.90 Å². The van der Waals surface area contributed by atoms with E-state index in [9.17, 15) is 4.79 Å². The molecule has 0 atom stereocenters. The molecular weight excluding hydrogens is 320 g/mol. The van der Waals surface area contributed by atoms with Gasteiger partial charge in [-0.15, -0.1) is 0 Å². The van der Waals surface area contributed by atoms with E-state index in [1.807, 2.05) is 39.0 Å². The number of likely N-dealkylation sites (N-methyl/N-ethyl adjacent to an activating group) is 1. The zero-order valence-corrected chi connectivity index (χ0v) is 14.5. The summed E-state index contributed by atoms with van der Waals surface area (Å²) in [4.78, 5) is 19.1. The molecule has 0 saturated carbocycles. The molecule has 1 aliphatic heterocycles. The molecule has 0 aliphatic carbocycles. The van der Waals surface area contributed by atoms with Gasteiger partial charge >= 0.3 is 0 Å². The fourth-order valence-electron chi connectivity index (χ4n) is 2.07. The van der Waals surface area contributed by atoms with Gasteiger partial charge in [-0.3, -0.25) is 14.7 Å². The molecule has 1 fully saturated rings. The van der Waals surface area contributed by atoms with Crippen LogP contribution in [-0.2, 0) is 4.79 Å². The summed E-state index contributed by atoms with van der Waals surface area (Å²) < 4.78 is 5.41. The first kappa shape index (κ1) is 16.9. The van der Waals surface area contributed by atoms with Crippen LogP contribution in [0.15, 0.2) is 28.1 Å². The van der Waals surface area contributed by atoms with Crippen LogP contribution in [0.4, 0.5) is 0 Å². The number of nitrogens with zero attached hydrogens (tertiary/aromatic N) is 2. The van der Waals surface area contributed by atoms with E-state index in [1.54, 1.807) is 11.0 Å². The Morgan fingerprint density at radius 1 is 1.36 bits per heavy atom. The van der Waals surface area contributed by atoms with Gasteiger partial charge in [0.15, 0.2) is 5.17 Å². The van der Waals surface area contributed by atoms with Crippen LogP contribution in [0.25, 0.3) is 6.08 Å². The number of amides is 1. The van der Waals surface area contributed by atoms with Gasteiger partial charge in [-0.1, -0.05) is 17.7 Å².